The molecule has 1 aliphatic rings. The second kappa shape index (κ2) is 4.84. The van der Waals surface area contributed by atoms with E-state index >= 15 is 0 Å². The minimum absolute atomic E-state index is 0.00861. The molecule has 1 fully saturated rings. The second-order valence-electron chi connectivity index (χ2n) is 4.33. The number of nitrogens with one attached hydrogen (secondary N) is 2. The fourth-order valence-electron chi connectivity index (χ4n) is 2.10. The van der Waals surface area contributed by atoms with Gasteiger partial charge in [-0.05, 0) is 25.0 Å². The van der Waals surface area contributed by atoms with Gasteiger partial charge in [-0.15, -0.1) is 0 Å². The summed E-state index contributed by atoms with van der Waals surface area (Å²) in [6, 6.07) is 9.49. The number of anilines is 1. The molecule has 0 aromatic heterocycles. The summed E-state index contributed by atoms with van der Waals surface area (Å²) in [5, 5.41) is 5.88. The van der Waals surface area contributed by atoms with Crippen molar-refractivity contribution in [2.24, 2.45) is 5.41 Å². The highest BCUT2D eigenvalue weighted by atomic mass is 32.1. The van der Waals surface area contributed by atoms with Crippen LogP contribution >= 0.6 is 12.2 Å². The van der Waals surface area contributed by atoms with Crippen molar-refractivity contribution in [1.82, 2.24) is 5.32 Å². The number of para-hydroxylation sites is 1. The van der Waals surface area contributed by atoms with E-state index in [1.54, 1.807) is 7.05 Å². The number of thiocarbonyl (C=S) groups is 1. The summed E-state index contributed by atoms with van der Waals surface area (Å²) in [6.45, 7) is 0. The first-order valence-corrected chi connectivity index (χ1v) is 6.18. The fourth-order valence-corrected chi connectivity index (χ4v) is 2.40. The van der Waals surface area contributed by atoms with E-state index < -0.39 is 5.41 Å². The molecule has 1 saturated carbocycles. The van der Waals surface area contributed by atoms with Gasteiger partial charge >= 0.3 is 0 Å². The van der Waals surface area contributed by atoms with Crippen molar-refractivity contribution >= 4 is 28.8 Å². The van der Waals surface area contributed by atoms with Crippen molar-refractivity contribution < 1.29 is 4.79 Å². The Hall–Kier alpha value is -1.42. The third-order valence-electron chi connectivity index (χ3n) is 3.34. The van der Waals surface area contributed by atoms with Gasteiger partial charge in [-0.25, -0.2) is 0 Å². The first kappa shape index (κ1) is 12.0. The van der Waals surface area contributed by atoms with Crippen molar-refractivity contribution in [2.45, 2.75) is 19.3 Å². The lowest BCUT2D eigenvalue weighted by atomic mass is 9.67. The zero-order chi connectivity index (χ0) is 12.3. The quantitative estimate of drug-likeness (QED) is 0.807. The van der Waals surface area contributed by atoms with Crippen molar-refractivity contribution in [3.63, 3.8) is 0 Å². The fraction of sp³-hybridized carbons (Fsp3) is 0.385. The minimum Gasteiger partial charge on any atom is -0.382 e. The van der Waals surface area contributed by atoms with Gasteiger partial charge in [0, 0.05) is 12.7 Å². The maximum absolute atomic E-state index is 12.3. The van der Waals surface area contributed by atoms with Crippen LogP contribution in [0.4, 0.5) is 5.69 Å². The van der Waals surface area contributed by atoms with E-state index in [1.165, 1.54) is 0 Å². The largest absolute Gasteiger partial charge is 0.382 e. The normalized spacial score (nSPS) is 16.8. The van der Waals surface area contributed by atoms with Crippen LogP contribution in [0.5, 0.6) is 0 Å². The monoisotopic (exact) mass is 248 g/mol. The molecule has 0 unspecified atom stereocenters. The van der Waals surface area contributed by atoms with Crippen LogP contribution in [0.3, 0.4) is 0 Å². The van der Waals surface area contributed by atoms with Gasteiger partial charge in [0.25, 0.3) is 0 Å². The van der Waals surface area contributed by atoms with Crippen molar-refractivity contribution in [2.75, 3.05) is 12.4 Å². The maximum atomic E-state index is 12.3. The van der Waals surface area contributed by atoms with E-state index in [1.807, 2.05) is 30.3 Å². The third-order valence-corrected chi connectivity index (χ3v) is 3.93. The lowest BCUT2D eigenvalue weighted by Crippen LogP contribution is -2.51. The van der Waals surface area contributed by atoms with Crippen molar-refractivity contribution in [3.05, 3.63) is 30.3 Å². The summed E-state index contributed by atoms with van der Waals surface area (Å²) >= 11 is 5.26. The van der Waals surface area contributed by atoms with Crippen LogP contribution in [0.2, 0.25) is 0 Å². The lowest BCUT2D eigenvalue weighted by Gasteiger charge is -2.40. The van der Waals surface area contributed by atoms with Crippen LogP contribution in [0.25, 0.3) is 0 Å². The van der Waals surface area contributed by atoms with Gasteiger partial charge in [-0.3, -0.25) is 4.79 Å². The zero-order valence-electron chi connectivity index (χ0n) is 9.82. The zero-order valence-corrected chi connectivity index (χ0v) is 10.6. The van der Waals surface area contributed by atoms with Crippen LogP contribution in [0, 0.1) is 5.41 Å². The Morgan fingerprint density at radius 3 is 2.41 bits per heavy atom. The highest BCUT2D eigenvalue weighted by molar-refractivity contribution is 7.80. The molecule has 1 aliphatic carbocycles. The summed E-state index contributed by atoms with van der Waals surface area (Å²) in [5.41, 5.74) is 0.336. The lowest BCUT2D eigenvalue weighted by molar-refractivity contribution is -0.125. The van der Waals surface area contributed by atoms with Crippen LogP contribution in [0.15, 0.2) is 30.3 Å². The minimum atomic E-state index is -0.486. The standard InChI is InChI=1S/C13H16N2OS/c1-14-12(17)13(8-5-9-13)11(16)15-10-6-3-2-4-7-10/h2-4,6-7H,5,8-9H2,1H3,(H,14,17)(H,15,16). The third kappa shape index (κ3) is 2.17. The first-order chi connectivity index (χ1) is 8.19. The number of benzene rings is 1. The van der Waals surface area contributed by atoms with E-state index in [4.69, 9.17) is 12.2 Å². The highest BCUT2D eigenvalue weighted by Crippen LogP contribution is 2.42. The van der Waals surface area contributed by atoms with Gasteiger partial charge in [-0.2, -0.15) is 0 Å². The van der Waals surface area contributed by atoms with E-state index in [0.717, 1.165) is 24.9 Å². The smallest absolute Gasteiger partial charge is 0.237 e. The average Bonchev–Trinajstić information content (AvgIpc) is 2.28. The van der Waals surface area contributed by atoms with Gasteiger partial charge in [-0.1, -0.05) is 36.8 Å². The highest BCUT2D eigenvalue weighted by Gasteiger charge is 2.47. The number of hydrogen-bond acceptors (Lipinski definition) is 2. The molecule has 1 amide bonds. The van der Waals surface area contributed by atoms with Gasteiger partial charge in [0.1, 0.15) is 0 Å². The molecular formula is C13H16N2OS. The Morgan fingerprint density at radius 1 is 1.29 bits per heavy atom. The molecule has 0 saturated heterocycles. The average molecular weight is 248 g/mol. The Kier molecular flexibility index (Phi) is 3.43. The van der Waals surface area contributed by atoms with Gasteiger partial charge in [0.2, 0.25) is 5.91 Å². The molecule has 90 valence electrons. The molecule has 1 aromatic carbocycles. The summed E-state index contributed by atoms with van der Waals surface area (Å²) in [4.78, 5) is 12.9. The molecule has 3 nitrogen and oxygen atoms in total. The summed E-state index contributed by atoms with van der Waals surface area (Å²) < 4.78 is 0. The van der Waals surface area contributed by atoms with E-state index in [0.29, 0.717) is 4.99 Å². The van der Waals surface area contributed by atoms with Crippen LogP contribution < -0.4 is 10.6 Å². The molecule has 0 spiro atoms. The number of carbonyl (C=O) groups is 1. The SMILES string of the molecule is CNC(=S)C1(C(=O)Nc2ccccc2)CCC1. The maximum Gasteiger partial charge on any atom is 0.237 e. The van der Waals surface area contributed by atoms with E-state index in [2.05, 4.69) is 10.6 Å². The van der Waals surface area contributed by atoms with Crippen LogP contribution in [0.1, 0.15) is 19.3 Å². The first-order valence-electron chi connectivity index (χ1n) is 5.78. The molecule has 4 heteroatoms. The Bertz CT molecular complexity index is 426. The molecular weight excluding hydrogens is 232 g/mol. The number of rotatable bonds is 3. The topological polar surface area (TPSA) is 41.1 Å². The molecule has 17 heavy (non-hydrogen) atoms. The predicted molar refractivity (Wildman–Crippen MR) is 73.0 cm³/mol. The van der Waals surface area contributed by atoms with Gasteiger partial charge in [0.15, 0.2) is 0 Å². The molecule has 0 bridgehead atoms. The summed E-state index contributed by atoms with van der Waals surface area (Å²) in [7, 11) is 1.78. The molecule has 0 radical (unpaired) electrons. The Morgan fingerprint density at radius 2 is 1.94 bits per heavy atom. The summed E-state index contributed by atoms with van der Waals surface area (Å²) in [6.07, 6.45) is 2.74. The molecule has 0 aliphatic heterocycles. The van der Waals surface area contributed by atoms with Crippen LogP contribution in [-0.4, -0.2) is 17.9 Å². The van der Waals surface area contributed by atoms with E-state index in [9.17, 15) is 4.79 Å². The predicted octanol–water partition coefficient (Wildman–Crippen LogP) is 2.34. The second-order valence-corrected chi connectivity index (χ2v) is 4.74. The van der Waals surface area contributed by atoms with Gasteiger partial charge < -0.3 is 10.6 Å². The molecule has 1 aromatic rings. The molecule has 2 rings (SSSR count). The van der Waals surface area contributed by atoms with Crippen LogP contribution in [-0.2, 0) is 4.79 Å². The number of carbonyl (C=O) groups excluding carboxylic acids is 1. The van der Waals surface area contributed by atoms with E-state index in [-0.39, 0.29) is 5.91 Å². The summed E-state index contributed by atoms with van der Waals surface area (Å²) in [5.74, 6) is 0.00861. The molecule has 0 atom stereocenters. The molecule has 2 N–H and O–H groups in total. The van der Waals surface area contributed by atoms with Crippen molar-refractivity contribution in [3.8, 4) is 0 Å². The number of amides is 1. The van der Waals surface area contributed by atoms with Crippen molar-refractivity contribution in [1.29, 1.82) is 0 Å². The van der Waals surface area contributed by atoms with Gasteiger partial charge in [0.05, 0.1) is 10.4 Å². The Labute approximate surface area is 107 Å². The molecule has 0 heterocycles. The number of hydrogen-bond donors (Lipinski definition) is 2. The Balaban J connectivity index is 2.11.